The van der Waals surface area contributed by atoms with Crippen molar-refractivity contribution in [1.82, 2.24) is 18.8 Å². The molecule has 0 unspecified atom stereocenters. The van der Waals surface area contributed by atoms with Gasteiger partial charge in [-0.3, -0.25) is 9.48 Å². The second-order valence-corrected chi connectivity index (χ2v) is 7.01. The van der Waals surface area contributed by atoms with E-state index in [1.807, 2.05) is 29.2 Å². The topological polar surface area (TPSA) is 105 Å². The maximum atomic E-state index is 10.7. The molecule has 25 heavy (non-hydrogen) atoms. The quantitative estimate of drug-likeness (QED) is 0.722. The first-order chi connectivity index (χ1) is 11.8. The van der Waals surface area contributed by atoms with Crippen molar-refractivity contribution in [3.05, 3.63) is 36.7 Å². The fraction of sp³-hybridized carbons (Fsp3) is 0.375. The highest BCUT2D eigenvalue weighted by molar-refractivity contribution is 7.87. The Balaban J connectivity index is 0.000000275. The fourth-order valence-electron chi connectivity index (χ4n) is 1.87. The number of carbonyl (C=O) groups excluding carboxylic acids is 1. The van der Waals surface area contributed by atoms with Crippen LogP contribution in [0.2, 0.25) is 0 Å². The molecule has 0 fully saturated rings. The van der Waals surface area contributed by atoms with Crippen molar-refractivity contribution in [2.24, 2.45) is 0 Å². The average Bonchev–Trinajstić information content (AvgIpc) is 3.04. The summed E-state index contributed by atoms with van der Waals surface area (Å²) in [5, 5.41) is 13.6. The Bertz CT molecular complexity index is 774. The molecule has 0 bridgehead atoms. The second kappa shape index (κ2) is 9.80. The van der Waals surface area contributed by atoms with Crippen LogP contribution in [0.3, 0.4) is 0 Å². The number of amides is 1. The van der Waals surface area contributed by atoms with Gasteiger partial charge >= 0.3 is 10.2 Å². The molecule has 0 aliphatic carbocycles. The molecule has 0 aliphatic rings. The van der Waals surface area contributed by atoms with Crippen LogP contribution in [0.15, 0.2) is 36.7 Å². The monoisotopic (exact) mass is 368 g/mol. The van der Waals surface area contributed by atoms with Crippen molar-refractivity contribution >= 4 is 16.6 Å². The molecule has 0 spiro atoms. The Labute approximate surface area is 148 Å². The highest BCUT2D eigenvalue weighted by Crippen LogP contribution is 2.22. The van der Waals surface area contributed by atoms with E-state index in [9.17, 15) is 18.3 Å². The van der Waals surface area contributed by atoms with Crippen LogP contribution < -0.4 is 4.72 Å². The fourth-order valence-corrected chi connectivity index (χ4v) is 2.51. The number of hydrogen-bond acceptors (Lipinski definition) is 5. The zero-order chi connectivity index (χ0) is 18.9. The minimum absolute atomic E-state index is 0.140. The van der Waals surface area contributed by atoms with Crippen LogP contribution >= 0.6 is 0 Å². The smallest absolute Gasteiger partial charge is 0.303 e. The molecule has 138 valence electrons. The summed E-state index contributed by atoms with van der Waals surface area (Å²) in [6.45, 7) is 5.06. The lowest BCUT2D eigenvalue weighted by molar-refractivity contribution is -0.108. The lowest BCUT2D eigenvalue weighted by Gasteiger charge is -2.11. The molecule has 1 aromatic carbocycles. The van der Waals surface area contributed by atoms with Gasteiger partial charge in [-0.2, -0.15) is 17.8 Å². The first-order valence-corrected chi connectivity index (χ1v) is 9.27. The summed E-state index contributed by atoms with van der Waals surface area (Å²) >= 11 is 0. The zero-order valence-electron chi connectivity index (χ0n) is 14.6. The lowest BCUT2D eigenvalue weighted by atomic mass is 10.1. The van der Waals surface area contributed by atoms with Crippen LogP contribution in [0.4, 0.5) is 0 Å². The molecule has 0 saturated carbocycles. The number of phenols is 1. The second-order valence-electron chi connectivity index (χ2n) is 5.20. The number of aromatic hydroxyl groups is 1. The number of carbonyl (C=O) groups is 1. The van der Waals surface area contributed by atoms with Gasteiger partial charge in [0.1, 0.15) is 5.75 Å². The van der Waals surface area contributed by atoms with Gasteiger partial charge in [0.15, 0.2) is 0 Å². The molecule has 1 aromatic heterocycles. The van der Waals surface area contributed by atoms with E-state index in [2.05, 4.69) is 12.0 Å². The number of nitrogens with one attached hydrogen (secondary N) is 1. The number of nitrogens with zero attached hydrogens (tertiary/aromatic N) is 3. The Hall–Kier alpha value is -2.39. The van der Waals surface area contributed by atoms with Gasteiger partial charge in [0.05, 0.1) is 6.20 Å². The van der Waals surface area contributed by atoms with E-state index in [4.69, 9.17) is 0 Å². The van der Waals surface area contributed by atoms with Crippen molar-refractivity contribution in [1.29, 1.82) is 0 Å². The third kappa shape index (κ3) is 6.55. The summed E-state index contributed by atoms with van der Waals surface area (Å²) in [6.07, 6.45) is 5.03. The predicted octanol–water partition coefficient (Wildman–Crippen LogP) is 1.59. The number of benzene rings is 1. The summed E-state index contributed by atoms with van der Waals surface area (Å²) < 4.78 is 26.1. The Morgan fingerprint density at radius 1 is 1.32 bits per heavy atom. The van der Waals surface area contributed by atoms with Crippen LogP contribution in [0, 0.1) is 0 Å². The van der Waals surface area contributed by atoms with Crippen LogP contribution in [-0.4, -0.2) is 47.6 Å². The lowest BCUT2D eigenvalue weighted by Crippen LogP contribution is -2.37. The van der Waals surface area contributed by atoms with Gasteiger partial charge in [0.25, 0.3) is 0 Å². The van der Waals surface area contributed by atoms with Crippen LogP contribution in [0.25, 0.3) is 11.1 Å². The molecule has 2 N–H and O–H groups in total. The molecule has 0 saturated heterocycles. The highest BCUT2D eigenvalue weighted by atomic mass is 32.2. The predicted molar refractivity (Wildman–Crippen MR) is 96.0 cm³/mol. The van der Waals surface area contributed by atoms with Crippen LogP contribution in [0.5, 0.6) is 5.75 Å². The van der Waals surface area contributed by atoms with E-state index in [1.165, 1.54) is 7.05 Å². The number of rotatable bonds is 7. The van der Waals surface area contributed by atoms with E-state index in [0.29, 0.717) is 6.54 Å². The van der Waals surface area contributed by atoms with Gasteiger partial charge in [-0.15, -0.1) is 0 Å². The Morgan fingerprint density at radius 2 is 2.04 bits per heavy atom. The minimum atomic E-state index is -3.55. The SMILES string of the molecule is CCCn1cc(-c2cccc(O)c2)cn1.CCN(C)S(=O)(=O)NC=O. The normalized spacial score (nSPS) is 10.9. The minimum Gasteiger partial charge on any atom is -0.508 e. The Kier molecular flexibility index (Phi) is 8.09. The Morgan fingerprint density at radius 3 is 2.60 bits per heavy atom. The molecular weight excluding hydrogens is 344 g/mol. The molecule has 0 atom stereocenters. The zero-order valence-corrected chi connectivity index (χ0v) is 15.4. The molecular formula is C16H24N4O4S. The van der Waals surface area contributed by atoms with Gasteiger partial charge in [-0.05, 0) is 24.1 Å². The largest absolute Gasteiger partial charge is 0.508 e. The number of phenolic OH excluding ortho intramolecular Hbond substituents is 1. The summed E-state index contributed by atoms with van der Waals surface area (Å²) in [4.78, 5) is 9.72. The van der Waals surface area contributed by atoms with Gasteiger partial charge in [-0.25, -0.2) is 4.72 Å². The van der Waals surface area contributed by atoms with Crippen molar-refractivity contribution in [3.8, 4) is 16.9 Å². The third-order valence-electron chi connectivity index (χ3n) is 3.32. The van der Waals surface area contributed by atoms with Gasteiger partial charge in [0, 0.05) is 31.9 Å². The third-order valence-corrected chi connectivity index (χ3v) is 4.79. The number of aromatic nitrogens is 2. The van der Waals surface area contributed by atoms with Gasteiger partial charge in [0.2, 0.25) is 6.41 Å². The maximum Gasteiger partial charge on any atom is 0.303 e. The van der Waals surface area contributed by atoms with E-state index < -0.39 is 10.2 Å². The maximum absolute atomic E-state index is 10.7. The number of hydrogen-bond donors (Lipinski definition) is 2. The molecule has 2 aromatic rings. The average molecular weight is 368 g/mol. The van der Waals surface area contributed by atoms with E-state index >= 15 is 0 Å². The van der Waals surface area contributed by atoms with Crippen molar-refractivity contribution in [3.63, 3.8) is 0 Å². The summed E-state index contributed by atoms with van der Waals surface area (Å²) in [5.41, 5.74) is 2.04. The first-order valence-electron chi connectivity index (χ1n) is 7.83. The van der Waals surface area contributed by atoms with Crippen molar-refractivity contribution in [2.75, 3.05) is 13.6 Å². The highest BCUT2D eigenvalue weighted by Gasteiger charge is 2.12. The molecule has 0 radical (unpaired) electrons. The molecule has 1 heterocycles. The van der Waals surface area contributed by atoms with E-state index in [0.717, 1.165) is 28.4 Å². The molecule has 2 rings (SSSR count). The standard InChI is InChI=1S/C12H14N2O.C4H10N2O3S/c1-2-6-14-9-11(8-13-14)10-4-3-5-12(15)7-10;1-3-6(2)10(8,9)5-4-7/h3-5,7-9,15H,2,6H2,1H3;4H,3H2,1-2H3,(H,5,7). The molecule has 9 heteroatoms. The summed E-state index contributed by atoms with van der Waals surface area (Å²) in [5.74, 6) is 0.288. The van der Waals surface area contributed by atoms with Gasteiger partial charge in [-0.1, -0.05) is 26.0 Å². The van der Waals surface area contributed by atoms with Crippen molar-refractivity contribution < 1.29 is 18.3 Å². The molecule has 0 aliphatic heterocycles. The van der Waals surface area contributed by atoms with Crippen LogP contribution in [0.1, 0.15) is 20.3 Å². The van der Waals surface area contributed by atoms with Crippen LogP contribution in [-0.2, 0) is 21.5 Å². The summed E-state index contributed by atoms with van der Waals surface area (Å²) in [6, 6.07) is 7.21. The van der Waals surface area contributed by atoms with Crippen molar-refractivity contribution in [2.45, 2.75) is 26.8 Å². The first kappa shape index (κ1) is 20.7. The molecule has 1 amide bonds. The number of aryl methyl sites for hydroxylation is 1. The summed E-state index contributed by atoms with van der Waals surface area (Å²) in [7, 11) is -2.16. The molecule has 8 nitrogen and oxygen atoms in total. The van der Waals surface area contributed by atoms with E-state index in [1.54, 1.807) is 23.8 Å². The van der Waals surface area contributed by atoms with Gasteiger partial charge < -0.3 is 5.11 Å². The van der Waals surface area contributed by atoms with E-state index in [-0.39, 0.29) is 12.2 Å².